The second kappa shape index (κ2) is 6.78. The largest absolute Gasteiger partial charge is 0.423 e. The first-order chi connectivity index (χ1) is 10.7. The maximum atomic E-state index is 12.1. The normalized spacial score (nSPS) is 15.5. The molecule has 0 heterocycles. The van der Waals surface area contributed by atoms with Crippen LogP contribution in [0.1, 0.15) is 59.5 Å². The molecule has 0 spiro atoms. The summed E-state index contributed by atoms with van der Waals surface area (Å²) in [5, 5.41) is 0. The number of hydrogen-bond acceptors (Lipinski definition) is 2. The first kappa shape index (κ1) is 14.8. The number of ether oxygens (including phenoxy) is 1. The first-order valence-electron chi connectivity index (χ1n) is 8.11. The molecule has 3 rings (SSSR count). The second-order valence-corrected chi connectivity index (χ2v) is 6.16. The number of esters is 1. The van der Waals surface area contributed by atoms with Crippen molar-refractivity contribution < 1.29 is 9.53 Å². The lowest BCUT2D eigenvalue weighted by Gasteiger charge is -2.22. The van der Waals surface area contributed by atoms with E-state index in [0.717, 1.165) is 5.56 Å². The van der Waals surface area contributed by atoms with Gasteiger partial charge in [-0.15, -0.1) is 0 Å². The number of rotatable bonds is 3. The van der Waals surface area contributed by atoms with E-state index < -0.39 is 0 Å². The van der Waals surface area contributed by atoms with Gasteiger partial charge in [0.15, 0.2) is 0 Å². The molecule has 0 atom stereocenters. The fraction of sp³-hybridized carbons (Fsp3) is 0.350. The van der Waals surface area contributed by atoms with Crippen molar-refractivity contribution in [1.29, 1.82) is 0 Å². The van der Waals surface area contributed by atoms with E-state index in [9.17, 15) is 4.79 Å². The lowest BCUT2D eigenvalue weighted by atomic mass is 9.84. The molecule has 2 heteroatoms. The summed E-state index contributed by atoms with van der Waals surface area (Å²) in [6.07, 6.45) is 6.58. The zero-order chi connectivity index (χ0) is 15.4. The van der Waals surface area contributed by atoms with E-state index >= 15 is 0 Å². The minimum atomic E-state index is -0.297. The molecule has 0 saturated heterocycles. The summed E-state index contributed by atoms with van der Waals surface area (Å²) in [5.74, 6) is 0.996. The third-order valence-corrected chi connectivity index (χ3v) is 4.42. The van der Waals surface area contributed by atoms with Crippen molar-refractivity contribution in [1.82, 2.24) is 0 Å². The molecule has 0 aromatic heterocycles. The predicted molar refractivity (Wildman–Crippen MR) is 88.4 cm³/mol. The number of carbonyl (C=O) groups excluding carboxylic acids is 1. The summed E-state index contributed by atoms with van der Waals surface area (Å²) in [6, 6.07) is 15.5. The van der Waals surface area contributed by atoms with E-state index in [1.807, 2.05) is 37.3 Å². The maximum Gasteiger partial charge on any atom is 0.343 e. The van der Waals surface area contributed by atoms with Crippen LogP contribution >= 0.6 is 0 Å². The number of aryl methyl sites for hydroxylation is 1. The molecule has 2 aromatic carbocycles. The van der Waals surface area contributed by atoms with Gasteiger partial charge in [0.25, 0.3) is 0 Å². The second-order valence-electron chi connectivity index (χ2n) is 6.16. The molecule has 1 fully saturated rings. The number of hydrogen-bond donors (Lipinski definition) is 0. The average Bonchev–Trinajstić information content (AvgIpc) is 2.56. The average molecular weight is 294 g/mol. The van der Waals surface area contributed by atoms with Crippen molar-refractivity contribution in [3.05, 3.63) is 65.2 Å². The van der Waals surface area contributed by atoms with Crippen molar-refractivity contribution in [3.63, 3.8) is 0 Å². The number of carbonyl (C=O) groups is 1. The van der Waals surface area contributed by atoms with Gasteiger partial charge in [-0.1, -0.05) is 49.1 Å². The molecule has 0 amide bonds. The van der Waals surface area contributed by atoms with Crippen LogP contribution in [0.5, 0.6) is 5.75 Å². The van der Waals surface area contributed by atoms with Crippen LogP contribution in [-0.2, 0) is 0 Å². The van der Waals surface area contributed by atoms with Crippen LogP contribution < -0.4 is 4.74 Å². The first-order valence-corrected chi connectivity index (χ1v) is 8.11. The van der Waals surface area contributed by atoms with Crippen LogP contribution in [0, 0.1) is 6.92 Å². The fourth-order valence-electron chi connectivity index (χ4n) is 3.18. The molecule has 114 valence electrons. The molecular formula is C20H22O2. The highest BCUT2D eigenvalue weighted by atomic mass is 16.5. The third-order valence-electron chi connectivity index (χ3n) is 4.42. The minimum Gasteiger partial charge on any atom is -0.423 e. The van der Waals surface area contributed by atoms with Crippen LogP contribution in [-0.4, -0.2) is 5.97 Å². The predicted octanol–water partition coefficient (Wildman–Crippen LogP) is 5.26. The summed E-state index contributed by atoms with van der Waals surface area (Å²) in [5.41, 5.74) is 3.02. The SMILES string of the molecule is Cc1cccc(C(=O)Oc2ccc(C3CCCCC3)cc2)c1. The Hall–Kier alpha value is -2.09. The highest BCUT2D eigenvalue weighted by Crippen LogP contribution is 2.33. The van der Waals surface area contributed by atoms with Crippen molar-refractivity contribution in [2.45, 2.75) is 44.9 Å². The van der Waals surface area contributed by atoms with Crippen LogP contribution in [0.4, 0.5) is 0 Å². The molecule has 0 N–H and O–H groups in total. The molecule has 1 aliphatic carbocycles. The van der Waals surface area contributed by atoms with Gasteiger partial charge in [-0.3, -0.25) is 0 Å². The van der Waals surface area contributed by atoms with Gasteiger partial charge in [-0.2, -0.15) is 0 Å². The van der Waals surface area contributed by atoms with Crippen LogP contribution in [0.3, 0.4) is 0 Å². The summed E-state index contributed by atoms with van der Waals surface area (Å²) >= 11 is 0. The zero-order valence-corrected chi connectivity index (χ0v) is 13.0. The van der Waals surface area contributed by atoms with E-state index in [1.54, 1.807) is 6.07 Å². The highest BCUT2D eigenvalue weighted by Gasteiger charge is 2.15. The van der Waals surface area contributed by atoms with Gasteiger partial charge in [0.1, 0.15) is 5.75 Å². The van der Waals surface area contributed by atoms with Gasteiger partial charge in [0.2, 0.25) is 0 Å². The molecule has 22 heavy (non-hydrogen) atoms. The van der Waals surface area contributed by atoms with Gasteiger partial charge >= 0.3 is 5.97 Å². The molecule has 0 radical (unpaired) electrons. The van der Waals surface area contributed by atoms with Crippen molar-refractivity contribution in [2.24, 2.45) is 0 Å². The van der Waals surface area contributed by atoms with Crippen molar-refractivity contribution in [2.75, 3.05) is 0 Å². The Morgan fingerprint density at radius 3 is 2.41 bits per heavy atom. The monoisotopic (exact) mass is 294 g/mol. The van der Waals surface area contributed by atoms with E-state index in [1.165, 1.54) is 37.7 Å². The van der Waals surface area contributed by atoms with E-state index in [0.29, 0.717) is 17.2 Å². The molecule has 1 saturated carbocycles. The molecule has 0 aliphatic heterocycles. The minimum absolute atomic E-state index is 0.297. The zero-order valence-electron chi connectivity index (χ0n) is 13.0. The Morgan fingerprint density at radius 2 is 1.73 bits per heavy atom. The van der Waals surface area contributed by atoms with Gasteiger partial charge in [0, 0.05) is 0 Å². The molecule has 0 bridgehead atoms. The van der Waals surface area contributed by atoms with Crippen LogP contribution in [0.2, 0.25) is 0 Å². The molecule has 0 unspecified atom stereocenters. The van der Waals surface area contributed by atoms with E-state index in [-0.39, 0.29) is 5.97 Å². The van der Waals surface area contributed by atoms with E-state index in [4.69, 9.17) is 4.74 Å². The van der Waals surface area contributed by atoms with Crippen molar-refractivity contribution in [3.8, 4) is 5.75 Å². The smallest absolute Gasteiger partial charge is 0.343 e. The highest BCUT2D eigenvalue weighted by molar-refractivity contribution is 5.91. The topological polar surface area (TPSA) is 26.3 Å². The molecule has 1 aliphatic rings. The Morgan fingerprint density at radius 1 is 1.00 bits per heavy atom. The summed E-state index contributed by atoms with van der Waals surface area (Å²) < 4.78 is 5.46. The number of benzene rings is 2. The van der Waals surface area contributed by atoms with Gasteiger partial charge in [-0.05, 0) is 55.5 Å². The summed E-state index contributed by atoms with van der Waals surface area (Å²) in [7, 11) is 0. The molecule has 2 nitrogen and oxygen atoms in total. The Balaban J connectivity index is 1.66. The van der Waals surface area contributed by atoms with Crippen LogP contribution in [0.15, 0.2) is 48.5 Å². The fourth-order valence-corrected chi connectivity index (χ4v) is 3.18. The van der Waals surface area contributed by atoms with Gasteiger partial charge in [0.05, 0.1) is 5.56 Å². The lowest BCUT2D eigenvalue weighted by Crippen LogP contribution is -2.09. The van der Waals surface area contributed by atoms with Crippen molar-refractivity contribution >= 4 is 5.97 Å². The van der Waals surface area contributed by atoms with Gasteiger partial charge in [-0.25, -0.2) is 4.79 Å². The van der Waals surface area contributed by atoms with Gasteiger partial charge < -0.3 is 4.74 Å². The standard InChI is InChI=1S/C20H22O2/c1-15-6-5-9-18(14-15)20(21)22-19-12-10-17(11-13-19)16-7-3-2-4-8-16/h5-6,9-14,16H,2-4,7-8H2,1H3. The lowest BCUT2D eigenvalue weighted by molar-refractivity contribution is 0.0734. The molecule has 2 aromatic rings. The Bertz CT molecular complexity index is 637. The Labute approximate surface area is 132 Å². The maximum absolute atomic E-state index is 12.1. The van der Waals surface area contributed by atoms with E-state index in [2.05, 4.69) is 12.1 Å². The third kappa shape index (κ3) is 3.56. The summed E-state index contributed by atoms with van der Waals surface area (Å²) in [4.78, 5) is 12.1. The van der Waals surface area contributed by atoms with Crippen LogP contribution in [0.25, 0.3) is 0 Å². The molecular weight excluding hydrogens is 272 g/mol. The quantitative estimate of drug-likeness (QED) is 0.570. The summed E-state index contributed by atoms with van der Waals surface area (Å²) in [6.45, 7) is 1.97. The Kier molecular flexibility index (Phi) is 4.57.